The standard InChI is InChI=1S/C11H15BrN2O2.ClH/c1-16-10(6-13)11(15)14-7-8-4-2-3-5-9(8)12;/h2-5,10H,6-7,13H2,1H3,(H,14,15);1H. The van der Waals surface area contributed by atoms with Gasteiger partial charge >= 0.3 is 0 Å². The Hall–Kier alpha value is -0.620. The van der Waals surface area contributed by atoms with Gasteiger partial charge in [-0.3, -0.25) is 4.79 Å². The van der Waals surface area contributed by atoms with E-state index in [9.17, 15) is 4.79 Å². The van der Waals surface area contributed by atoms with Gasteiger partial charge in [0, 0.05) is 24.7 Å². The van der Waals surface area contributed by atoms with Crippen LogP contribution in [0.5, 0.6) is 0 Å². The van der Waals surface area contributed by atoms with E-state index in [0.29, 0.717) is 6.54 Å². The van der Waals surface area contributed by atoms with E-state index in [1.807, 2.05) is 24.3 Å². The van der Waals surface area contributed by atoms with E-state index < -0.39 is 6.10 Å². The fourth-order valence-corrected chi connectivity index (χ4v) is 1.67. The minimum Gasteiger partial charge on any atom is -0.370 e. The largest absolute Gasteiger partial charge is 0.370 e. The quantitative estimate of drug-likeness (QED) is 0.862. The molecule has 0 fully saturated rings. The molecule has 0 aromatic heterocycles. The normalized spacial score (nSPS) is 11.5. The number of carbonyl (C=O) groups is 1. The summed E-state index contributed by atoms with van der Waals surface area (Å²) < 4.78 is 5.90. The van der Waals surface area contributed by atoms with E-state index in [4.69, 9.17) is 10.5 Å². The lowest BCUT2D eigenvalue weighted by Gasteiger charge is -2.13. The van der Waals surface area contributed by atoms with Gasteiger partial charge in [-0.15, -0.1) is 12.4 Å². The van der Waals surface area contributed by atoms with Crippen molar-refractivity contribution in [2.45, 2.75) is 12.6 Å². The summed E-state index contributed by atoms with van der Waals surface area (Å²) in [4.78, 5) is 11.6. The fourth-order valence-electron chi connectivity index (χ4n) is 1.25. The summed E-state index contributed by atoms with van der Waals surface area (Å²) in [6, 6.07) is 7.71. The second-order valence-corrected chi connectivity index (χ2v) is 4.12. The maximum absolute atomic E-state index is 11.6. The number of methoxy groups -OCH3 is 1. The zero-order chi connectivity index (χ0) is 12.0. The highest BCUT2D eigenvalue weighted by molar-refractivity contribution is 9.10. The molecule has 0 aliphatic rings. The van der Waals surface area contributed by atoms with Gasteiger partial charge in [-0.2, -0.15) is 0 Å². The fraction of sp³-hybridized carbons (Fsp3) is 0.364. The molecule has 0 saturated heterocycles. The van der Waals surface area contributed by atoms with Crippen LogP contribution in [0.3, 0.4) is 0 Å². The Morgan fingerprint density at radius 3 is 2.71 bits per heavy atom. The van der Waals surface area contributed by atoms with Gasteiger partial charge in [0.15, 0.2) is 0 Å². The maximum Gasteiger partial charge on any atom is 0.250 e. The Morgan fingerprint density at radius 1 is 1.53 bits per heavy atom. The molecular weight excluding hydrogens is 307 g/mol. The highest BCUT2D eigenvalue weighted by Gasteiger charge is 2.15. The van der Waals surface area contributed by atoms with Crippen molar-refractivity contribution >= 4 is 34.2 Å². The van der Waals surface area contributed by atoms with Crippen LogP contribution in [0.1, 0.15) is 5.56 Å². The first-order valence-electron chi connectivity index (χ1n) is 4.93. The Labute approximate surface area is 115 Å². The number of rotatable bonds is 5. The van der Waals surface area contributed by atoms with Crippen LogP contribution in [0, 0.1) is 0 Å². The Bertz CT molecular complexity index is 359. The summed E-state index contributed by atoms with van der Waals surface area (Å²) in [6.07, 6.45) is -0.581. The number of halogens is 2. The molecular formula is C11H16BrClN2O2. The molecule has 1 rings (SSSR count). The van der Waals surface area contributed by atoms with Gasteiger partial charge in [-0.1, -0.05) is 34.1 Å². The molecule has 1 aromatic rings. The van der Waals surface area contributed by atoms with E-state index >= 15 is 0 Å². The number of hydrogen-bond donors (Lipinski definition) is 2. The molecule has 6 heteroatoms. The molecule has 96 valence electrons. The van der Waals surface area contributed by atoms with Crippen LogP contribution < -0.4 is 11.1 Å². The minimum absolute atomic E-state index is 0. The topological polar surface area (TPSA) is 64.3 Å². The molecule has 1 unspecified atom stereocenters. The van der Waals surface area contributed by atoms with E-state index in [-0.39, 0.29) is 24.9 Å². The molecule has 0 heterocycles. The van der Waals surface area contributed by atoms with Crippen molar-refractivity contribution in [3.63, 3.8) is 0 Å². The summed E-state index contributed by atoms with van der Waals surface area (Å²) in [5.41, 5.74) is 6.40. The Morgan fingerprint density at radius 2 is 2.18 bits per heavy atom. The summed E-state index contributed by atoms with van der Waals surface area (Å²) in [6.45, 7) is 0.637. The zero-order valence-corrected chi connectivity index (χ0v) is 11.9. The second kappa shape index (κ2) is 8.47. The molecule has 0 bridgehead atoms. The highest BCUT2D eigenvalue weighted by atomic mass is 79.9. The van der Waals surface area contributed by atoms with Crippen molar-refractivity contribution < 1.29 is 9.53 Å². The number of ether oxygens (including phenoxy) is 1. The van der Waals surface area contributed by atoms with E-state index in [1.165, 1.54) is 7.11 Å². The first-order chi connectivity index (χ1) is 7.69. The van der Waals surface area contributed by atoms with E-state index in [0.717, 1.165) is 10.0 Å². The maximum atomic E-state index is 11.6. The molecule has 1 amide bonds. The van der Waals surface area contributed by atoms with Crippen molar-refractivity contribution in [1.82, 2.24) is 5.32 Å². The third kappa shape index (κ3) is 5.04. The first kappa shape index (κ1) is 16.4. The van der Waals surface area contributed by atoms with Crippen LogP contribution in [0.2, 0.25) is 0 Å². The second-order valence-electron chi connectivity index (χ2n) is 3.27. The van der Waals surface area contributed by atoms with Gasteiger partial charge in [-0.25, -0.2) is 0 Å². The van der Waals surface area contributed by atoms with Crippen LogP contribution in [0.15, 0.2) is 28.7 Å². The summed E-state index contributed by atoms with van der Waals surface area (Å²) in [5.74, 6) is -0.194. The predicted molar refractivity (Wildman–Crippen MR) is 73.1 cm³/mol. The smallest absolute Gasteiger partial charge is 0.250 e. The van der Waals surface area contributed by atoms with Crippen molar-refractivity contribution in [2.75, 3.05) is 13.7 Å². The van der Waals surface area contributed by atoms with Crippen LogP contribution in [0.25, 0.3) is 0 Å². The number of amides is 1. The molecule has 0 spiro atoms. The van der Waals surface area contributed by atoms with Gasteiger partial charge < -0.3 is 15.8 Å². The molecule has 3 N–H and O–H groups in total. The molecule has 0 radical (unpaired) electrons. The number of hydrogen-bond acceptors (Lipinski definition) is 3. The highest BCUT2D eigenvalue weighted by Crippen LogP contribution is 2.15. The lowest BCUT2D eigenvalue weighted by molar-refractivity contribution is -0.130. The average Bonchev–Trinajstić information content (AvgIpc) is 2.29. The summed E-state index contributed by atoms with van der Waals surface area (Å²) >= 11 is 3.41. The molecule has 0 aliphatic heterocycles. The summed E-state index contributed by atoms with van der Waals surface area (Å²) in [5, 5.41) is 2.77. The van der Waals surface area contributed by atoms with Crippen molar-refractivity contribution in [3.8, 4) is 0 Å². The lowest BCUT2D eigenvalue weighted by atomic mass is 10.2. The van der Waals surface area contributed by atoms with Gasteiger partial charge in [-0.05, 0) is 11.6 Å². The number of nitrogens with two attached hydrogens (primary N) is 1. The number of carbonyl (C=O) groups excluding carboxylic acids is 1. The van der Waals surface area contributed by atoms with Gasteiger partial charge in [0.05, 0.1) is 0 Å². The molecule has 0 aliphatic carbocycles. The third-order valence-electron chi connectivity index (χ3n) is 2.20. The van der Waals surface area contributed by atoms with Gasteiger partial charge in [0.2, 0.25) is 0 Å². The number of benzene rings is 1. The number of nitrogens with one attached hydrogen (secondary N) is 1. The SMILES string of the molecule is COC(CN)C(=O)NCc1ccccc1Br.Cl. The van der Waals surface area contributed by atoms with Crippen molar-refractivity contribution in [3.05, 3.63) is 34.3 Å². The van der Waals surface area contributed by atoms with E-state index in [2.05, 4.69) is 21.2 Å². The monoisotopic (exact) mass is 322 g/mol. The zero-order valence-electron chi connectivity index (χ0n) is 9.48. The van der Waals surface area contributed by atoms with Crippen molar-refractivity contribution in [2.24, 2.45) is 5.73 Å². The van der Waals surface area contributed by atoms with Crippen LogP contribution in [0.4, 0.5) is 0 Å². The van der Waals surface area contributed by atoms with Gasteiger partial charge in [0.1, 0.15) is 6.10 Å². The van der Waals surface area contributed by atoms with Crippen LogP contribution >= 0.6 is 28.3 Å². The first-order valence-corrected chi connectivity index (χ1v) is 5.72. The van der Waals surface area contributed by atoms with Crippen LogP contribution in [-0.4, -0.2) is 25.7 Å². The molecule has 0 saturated carbocycles. The van der Waals surface area contributed by atoms with Gasteiger partial charge in [0.25, 0.3) is 5.91 Å². The van der Waals surface area contributed by atoms with E-state index in [1.54, 1.807) is 0 Å². The Kier molecular flexibility index (Phi) is 8.16. The molecule has 17 heavy (non-hydrogen) atoms. The predicted octanol–water partition coefficient (Wildman–Crippen LogP) is 1.46. The Balaban J connectivity index is 0.00000256. The lowest BCUT2D eigenvalue weighted by Crippen LogP contribution is -2.40. The molecule has 1 atom stereocenters. The average molecular weight is 324 g/mol. The third-order valence-corrected chi connectivity index (χ3v) is 2.98. The van der Waals surface area contributed by atoms with Crippen LogP contribution in [-0.2, 0) is 16.1 Å². The molecule has 1 aromatic carbocycles. The minimum atomic E-state index is -0.581. The summed E-state index contributed by atoms with van der Waals surface area (Å²) in [7, 11) is 1.47. The molecule has 4 nitrogen and oxygen atoms in total. The van der Waals surface area contributed by atoms with Crippen molar-refractivity contribution in [1.29, 1.82) is 0 Å².